The molecule has 2 aliphatic rings. The van der Waals surface area contributed by atoms with Crippen molar-refractivity contribution < 1.29 is 14.2 Å². The van der Waals surface area contributed by atoms with Gasteiger partial charge in [-0.1, -0.05) is 0 Å². The lowest BCUT2D eigenvalue weighted by Gasteiger charge is -2.21. The Bertz CT molecular complexity index is 170. The minimum absolute atomic E-state index is 0.388. The molecule has 0 aliphatic carbocycles. The van der Waals surface area contributed by atoms with Gasteiger partial charge in [0.1, 0.15) is 0 Å². The molecular weight excluding hydrogens is 200 g/mol. The first-order valence-electron chi connectivity index (χ1n) is 5.08. The quantitative estimate of drug-likeness (QED) is 0.704. The molecule has 4 heteroatoms. The zero-order chi connectivity index (χ0) is 9.97. The van der Waals surface area contributed by atoms with Crippen molar-refractivity contribution in [3.63, 3.8) is 0 Å². The summed E-state index contributed by atoms with van der Waals surface area (Å²) in [5.74, 6) is 3.29. The molecule has 2 fully saturated rings. The Kier molecular flexibility index (Phi) is 3.71. The van der Waals surface area contributed by atoms with Crippen molar-refractivity contribution in [2.24, 2.45) is 11.8 Å². The average Bonchev–Trinajstić information content (AvgIpc) is 2.43. The van der Waals surface area contributed by atoms with Gasteiger partial charge in [-0.15, -0.1) is 0 Å². The van der Waals surface area contributed by atoms with Crippen LogP contribution in [0.2, 0.25) is 0 Å². The van der Waals surface area contributed by atoms with Crippen LogP contribution in [0.1, 0.15) is 0 Å². The molecule has 0 aromatic heterocycles. The molecule has 3 nitrogen and oxygen atoms in total. The fourth-order valence-electron chi connectivity index (χ4n) is 2.45. The van der Waals surface area contributed by atoms with Gasteiger partial charge < -0.3 is 14.2 Å². The molecule has 0 amide bonds. The number of fused-ring (bicyclic) bond motifs is 2. The summed E-state index contributed by atoms with van der Waals surface area (Å²) < 4.78 is 16.5. The second kappa shape index (κ2) is 4.84. The topological polar surface area (TPSA) is 27.7 Å². The predicted octanol–water partition coefficient (Wildman–Crippen LogP) is 1.03. The fraction of sp³-hybridized carbons (Fsp3) is 1.00. The lowest BCUT2D eigenvalue weighted by Crippen LogP contribution is -2.29. The molecule has 2 bridgehead atoms. The van der Waals surface area contributed by atoms with Gasteiger partial charge in [-0.3, -0.25) is 0 Å². The maximum absolute atomic E-state index is 5.95. The second-order valence-corrected chi connectivity index (χ2v) is 5.06. The molecule has 0 unspecified atom stereocenters. The Morgan fingerprint density at radius 2 is 1.57 bits per heavy atom. The van der Waals surface area contributed by atoms with Crippen LogP contribution in [-0.2, 0) is 14.2 Å². The maximum atomic E-state index is 5.95. The first-order chi connectivity index (χ1) is 6.86. The Morgan fingerprint density at radius 3 is 2.00 bits per heavy atom. The molecule has 82 valence electrons. The smallest absolute Gasteiger partial charge is 0.0724 e. The van der Waals surface area contributed by atoms with Crippen molar-refractivity contribution in [1.82, 2.24) is 0 Å². The third-order valence-electron chi connectivity index (χ3n) is 3.14. The highest BCUT2D eigenvalue weighted by molar-refractivity contribution is 7.99. The van der Waals surface area contributed by atoms with E-state index >= 15 is 0 Å². The molecule has 2 heterocycles. The number of thioether (sulfide) groups is 1. The van der Waals surface area contributed by atoms with Gasteiger partial charge >= 0.3 is 0 Å². The fourth-order valence-corrected chi connectivity index (χ4v) is 3.70. The number of hydrogen-bond acceptors (Lipinski definition) is 4. The summed E-state index contributed by atoms with van der Waals surface area (Å²) in [6.45, 7) is 1.60. The zero-order valence-electron chi connectivity index (χ0n) is 8.77. The van der Waals surface area contributed by atoms with Crippen LogP contribution in [0.4, 0.5) is 0 Å². The summed E-state index contributed by atoms with van der Waals surface area (Å²) >= 11 is 2.00. The van der Waals surface area contributed by atoms with E-state index in [1.54, 1.807) is 14.2 Å². The third-order valence-corrected chi connectivity index (χ3v) is 4.27. The number of methoxy groups -OCH3 is 2. The molecule has 0 spiro atoms. The maximum Gasteiger partial charge on any atom is 0.0724 e. The van der Waals surface area contributed by atoms with Gasteiger partial charge in [0, 0.05) is 37.6 Å². The van der Waals surface area contributed by atoms with Crippen LogP contribution in [0, 0.1) is 11.8 Å². The van der Waals surface area contributed by atoms with Crippen molar-refractivity contribution in [3.05, 3.63) is 0 Å². The van der Waals surface area contributed by atoms with E-state index in [4.69, 9.17) is 14.2 Å². The van der Waals surface area contributed by atoms with Gasteiger partial charge in [0.2, 0.25) is 0 Å². The molecule has 0 N–H and O–H groups in total. The molecule has 0 aromatic rings. The standard InChI is InChI=1S/C10H18O3S/c1-11-3-7-8(4-12-2)10-6-14-5-9(7)13-10/h7-10H,3-6H2,1-2H3/t7-,8+,9+,10-. The molecular formula is C10H18O3S. The van der Waals surface area contributed by atoms with E-state index in [0.29, 0.717) is 24.0 Å². The molecule has 0 radical (unpaired) electrons. The van der Waals surface area contributed by atoms with Crippen molar-refractivity contribution >= 4 is 11.8 Å². The summed E-state index contributed by atoms with van der Waals surface area (Å²) in [5.41, 5.74) is 0. The van der Waals surface area contributed by atoms with Crippen molar-refractivity contribution in [2.75, 3.05) is 38.9 Å². The Balaban J connectivity index is 2.02. The van der Waals surface area contributed by atoms with Crippen LogP contribution in [0.15, 0.2) is 0 Å². The first kappa shape index (κ1) is 10.7. The van der Waals surface area contributed by atoms with E-state index in [-0.39, 0.29) is 0 Å². The summed E-state index contributed by atoms with van der Waals surface area (Å²) in [4.78, 5) is 0. The van der Waals surface area contributed by atoms with E-state index in [9.17, 15) is 0 Å². The van der Waals surface area contributed by atoms with Gasteiger partial charge in [-0.05, 0) is 0 Å². The first-order valence-corrected chi connectivity index (χ1v) is 6.23. The Hall–Kier alpha value is 0.230. The van der Waals surface area contributed by atoms with Crippen molar-refractivity contribution in [3.8, 4) is 0 Å². The Labute approximate surface area is 89.5 Å². The summed E-state index contributed by atoms with van der Waals surface area (Å²) in [6, 6.07) is 0. The molecule has 14 heavy (non-hydrogen) atoms. The van der Waals surface area contributed by atoms with Gasteiger partial charge in [0.15, 0.2) is 0 Å². The normalized spacial score (nSPS) is 41.6. The largest absolute Gasteiger partial charge is 0.384 e. The van der Waals surface area contributed by atoms with E-state index in [0.717, 1.165) is 24.7 Å². The summed E-state index contributed by atoms with van der Waals surface area (Å²) in [7, 11) is 3.53. The number of rotatable bonds is 4. The minimum Gasteiger partial charge on any atom is -0.384 e. The number of hydrogen-bond donors (Lipinski definition) is 0. The van der Waals surface area contributed by atoms with Crippen LogP contribution < -0.4 is 0 Å². The van der Waals surface area contributed by atoms with Crippen LogP contribution in [0.25, 0.3) is 0 Å². The van der Waals surface area contributed by atoms with Crippen molar-refractivity contribution in [1.29, 1.82) is 0 Å². The van der Waals surface area contributed by atoms with Gasteiger partial charge in [-0.25, -0.2) is 0 Å². The molecule has 4 atom stereocenters. The SMILES string of the molecule is COC[C@@H]1[C@H](COC)[C@H]2CSC[C@@H]1O2. The lowest BCUT2D eigenvalue weighted by atomic mass is 9.89. The van der Waals surface area contributed by atoms with Crippen LogP contribution in [0.5, 0.6) is 0 Å². The highest BCUT2D eigenvalue weighted by atomic mass is 32.2. The second-order valence-electron chi connectivity index (χ2n) is 3.99. The molecule has 2 rings (SSSR count). The van der Waals surface area contributed by atoms with Crippen molar-refractivity contribution in [2.45, 2.75) is 12.2 Å². The predicted molar refractivity (Wildman–Crippen MR) is 56.7 cm³/mol. The number of ether oxygens (including phenoxy) is 3. The lowest BCUT2D eigenvalue weighted by molar-refractivity contribution is 0.0357. The molecule has 2 aliphatic heterocycles. The van der Waals surface area contributed by atoms with Crippen LogP contribution in [0.3, 0.4) is 0 Å². The van der Waals surface area contributed by atoms with Crippen LogP contribution in [-0.4, -0.2) is 51.1 Å². The summed E-state index contributed by atoms with van der Waals surface area (Å²) in [6.07, 6.45) is 0.776. The van der Waals surface area contributed by atoms with Gasteiger partial charge in [0.25, 0.3) is 0 Å². The van der Waals surface area contributed by atoms with Gasteiger partial charge in [-0.2, -0.15) is 11.8 Å². The highest BCUT2D eigenvalue weighted by Crippen LogP contribution is 2.40. The monoisotopic (exact) mass is 218 g/mol. The van der Waals surface area contributed by atoms with E-state index in [1.807, 2.05) is 11.8 Å². The average molecular weight is 218 g/mol. The van der Waals surface area contributed by atoms with E-state index in [2.05, 4.69) is 0 Å². The van der Waals surface area contributed by atoms with Gasteiger partial charge in [0.05, 0.1) is 25.4 Å². The zero-order valence-corrected chi connectivity index (χ0v) is 9.59. The minimum atomic E-state index is 0.388. The summed E-state index contributed by atoms with van der Waals surface area (Å²) in [5, 5.41) is 0. The third kappa shape index (κ3) is 1.94. The van der Waals surface area contributed by atoms with Crippen LogP contribution >= 0.6 is 11.8 Å². The molecule has 0 aromatic carbocycles. The van der Waals surface area contributed by atoms with E-state index < -0.39 is 0 Å². The molecule has 0 saturated carbocycles. The highest BCUT2D eigenvalue weighted by Gasteiger charge is 2.46. The van der Waals surface area contributed by atoms with E-state index in [1.165, 1.54) is 0 Å². The Morgan fingerprint density at radius 1 is 1.07 bits per heavy atom. The molecule has 2 saturated heterocycles.